The summed E-state index contributed by atoms with van der Waals surface area (Å²) in [5.74, 6) is 0.376. The monoisotopic (exact) mass is 448 g/mol. The highest BCUT2D eigenvalue weighted by molar-refractivity contribution is 7.89. The van der Waals surface area contributed by atoms with Gasteiger partial charge in [0.15, 0.2) is 5.58 Å². The number of rotatable bonds is 5. The maximum Gasteiger partial charge on any atom is 0.243 e. The summed E-state index contributed by atoms with van der Waals surface area (Å²) in [4.78, 5) is 17.9. The highest BCUT2D eigenvalue weighted by Crippen LogP contribution is 2.23. The van der Waals surface area contributed by atoms with Crippen LogP contribution in [0, 0.1) is 0 Å². The Balaban J connectivity index is 1.38. The van der Waals surface area contributed by atoms with Gasteiger partial charge in [-0.1, -0.05) is 11.6 Å². The molecule has 1 N–H and O–H groups in total. The third-order valence-electron chi connectivity index (χ3n) is 4.90. The first-order valence-corrected chi connectivity index (χ1v) is 11.3. The van der Waals surface area contributed by atoms with E-state index in [0.717, 1.165) is 5.52 Å². The fraction of sp³-hybridized carbons (Fsp3) is 0.300. The Kier molecular flexibility index (Phi) is 5.79. The molecule has 0 aliphatic carbocycles. The van der Waals surface area contributed by atoms with Gasteiger partial charge >= 0.3 is 0 Å². The second kappa shape index (κ2) is 8.35. The van der Waals surface area contributed by atoms with E-state index in [1.54, 1.807) is 24.3 Å². The number of carbonyl (C=O) groups is 1. The van der Waals surface area contributed by atoms with Crippen molar-refractivity contribution < 1.29 is 17.6 Å². The van der Waals surface area contributed by atoms with Crippen LogP contribution in [0.3, 0.4) is 0 Å². The van der Waals surface area contributed by atoms with Crippen LogP contribution in [-0.4, -0.2) is 54.7 Å². The lowest BCUT2D eigenvalue weighted by Crippen LogP contribution is -2.48. The number of aromatic nitrogens is 1. The first-order chi connectivity index (χ1) is 14.3. The lowest BCUT2D eigenvalue weighted by Gasteiger charge is -2.33. The fourth-order valence-electron chi connectivity index (χ4n) is 3.40. The molecule has 0 atom stereocenters. The third kappa shape index (κ3) is 4.49. The molecule has 1 amide bonds. The van der Waals surface area contributed by atoms with Gasteiger partial charge in [-0.2, -0.15) is 4.31 Å². The van der Waals surface area contributed by atoms with Crippen LogP contribution in [0.15, 0.2) is 51.8 Å². The SMILES string of the molecule is CC(=O)Nc1ccc(S(=O)(=O)N2CCN(Cc3nc4ccc(Cl)cc4o3)CC2)cc1. The lowest BCUT2D eigenvalue weighted by molar-refractivity contribution is -0.114. The number of oxazole rings is 1. The van der Waals surface area contributed by atoms with E-state index >= 15 is 0 Å². The molecular formula is C20H21ClN4O4S. The van der Waals surface area contributed by atoms with Gasteiger partial charge in [0.25, 0.3) is 0 Å². The predicted octanol–water partition coefficient (Wildman–Crippen LogP) is 2.95. The van der Waals surface area contributed by atoms with Crippen LogP contribution < -0.4 is 5.32 Å². The van der Waals surface area contributed by atoms with Crippen molar-refractivity contribution in [3.8, 4) is 0 Å². The number of anilines is 1. The zero-order valence-electron chi connectivity index (χ0n) is 16.3. The van der Waals surface area contributed by atoms with Crippen molar-refractivity contribution in [3.63, 3.8) is 0 Å². The molecule has 0 spiro atoms. The summed E-state index contributed by atoms with van der Waals surface area (Å²) in [5.41, 5.74) is 1.95. The molecule has 1 aromatic heterocycles. The number of amides is 1. The fourth-order valence-corrected chi connectivity index (χ4v) is 4.98. The summed E-state index contributed by atoms with van der Waals surface area (Å²) in [5, 5.41) is 3.22. The van der Waals surface area contributed by atoms with Gasteiger partial charge in [0.05, 0.1) is 11.4 Å². The van der Waals surface area contributed by atoms with Crippen LogP contribution in [-0.2, 0) is 21.4 Å². The summed E-state index contributed by atoms with van der Waals surface area (Å²) in [6.07, 6.45) is 0. The Morgan fingerprint density at radius 3 is 2.50 bits per heavy atom. The van der Waals surface area contributed by atoms with E-state index in [0.29, 0.717) is 54.9 Å². The molecule has 158 valence electrons. The van der Waals surface area contributed by atoms with Crippen molar-refractivity contribution >= 4 is 44.3 Å². The molecule has 1 fully saturated rings. The van der Waals surface area contributed by atoms with Crippen LogP contribution in [0.25, 0.3) is 11.1 Å². The molecule has 10 heteroatoms. The molecule has 0 unspecified atom stereocenters. The number of piperazine rings is 1. The molecule has 3 aromatic rings. The first kappa shape index (κ1) is 20.8. The van der Waals surface area contributed by atoms with Crippen LogP contribution in [0.2, 0.25) is 5.02 Å². The Hall–Kier alpha value is -2.46. The van der Waals surface area contributed by atoms with Crippen LogP contribution in [0.4, 0.5) is 5.69 Å². The Bertz CT molecular complexity index is 1170. The lowest BCUT2D eigenvalue weighted by atomic mass is 10.3. The summed E-state index contributed by atoms with van der Waals surface area (Å²) < 4.78 is 33.1. The number of carbonyl (C=O) groups excluding carboxylic acids is 1. The Morgan fingerprint density at radius 1 is 1.13 bits per heavy atom. The van der Waals surface area contributed by atoms with Crippen LogP contribution in [0.1, 0.15) is 12.8 Å². The van der Waals surface area contributed by atoms with Gasteiger partial charge in [-0.25, -0.2) is 13.4 Å². The predicted molar refractivity (Wildman–Crippen MR) is 114 cm³/mol. The number of fused-ring (bicyclic) bond motifs is 1. The summed E-state index contributed by atoms with van der Waals surface area (Å²) in [7, 11) is -3.59. The topological polar surface area (TPSA) is 95.8 Å². The minimum Gasteiger partial charge on any atom is -0.439 e. The van der Waals surface area contributed by atoms with Gasteiger partial charge in [0.2, 0.25) is 21.8 Å². The minimum atomic E-state index is -3.59. The smallest absolute Gasteiger partial charge is 0.243 e. The third-order valence-corrected chi connectivity index (χ3v) is 7.05. The minimum absolute atomic E-state index is 0.205. The molecule has 2 heterocycles. The Morgan fingerprint density at radius 2 is 1.83 bits per heavy atom. The van der Waals surface area contributed by atoms with Crippen molar-refractivity contribution in [3.05, 3.63) is 53.4 Å². The molecule has 2 aromatic carbocycles. The molecule has 1 aliphatic rings. The van der Waals surface area contributed by atoms with Crippen molar-refractivity contribution in [2.24, 2.45) is 0 Å². The maximum atomic E-state index is 12.9. The highest BCUT2D eigenvalue weighted by atomic mass is 35.5. The number of hydrogen-bond acceptors (Lipinski definition) is 6. The van der Waals surface area contributed by atoms with Crippen molar-refractivity contribution in [2.45, 2.75) is 18.4 Å². The van der Waals surface area contributed by atoms with Gasteiger partial charge in [-0.3, -0.25) is 9.69 Å². The normalized spacial score (nSPS) is 16.1. The molecule has 0 bridgehead atoms. The molecule has 1 aliphatic heterocycles. The van der Waals surface area contributed by atoms with E-state index in [4.69, 9.17) is 16.0 Å². The molecular weight excluding hydrogens is 428 g/mol. The first-order valence-electron chi connectivity index (χ1n) is 9.46. The van der Waals surface area contributed by atoms with Crippen LogP contribution >= 0.6 is 11.6 Å². The van der Waals surface area contributed by atoms with E-state index in [-0.39, 0.29) is 10.8 Å². The largest absolute Gasteiger partial charge is 0.439 e. The number of hydrogen-bond donors (Lipinski definition) is 1. The summed E-state index contributed by atoms with van der Waals surface area (Å²) in [6.45, 7) is 3.81. The van der Waals surface area contributed by atoms with Crippen molar-refractivity contribution in [1.82, 2.24) is 14.2 Å². The van der Waals surface area contributed by atoms with E-state index in [9.17, 15) is 13.2 Å². The average Bonchev–Trinajstić information content (AvgIpc) is 3.09. The molecule has 0 radical (unpaired) electrons. The summed E-state index contributed by atoms with van der Waals surface area (Å²) in [6, 6.07) is 11.5. The molecule has 0 saturated carbocycles. The maximum absolute atomic E-state index is 12.9. The molecule has 4 rings (SSSR count). The molecule has 30 heavy (non-hydrogen) atoms. The second-order valence-corrected chi connectivity index (χ2v) is 9.48. The van der Waals surface area contributed by atoms with E-state index < -0.39 is 10.0 Å². The number of benzene rings is 2. The van der Waals surface area contributed by atoms with E-state index in [1.165, 1.54) is 23.4 Å². The standard InChI is InChI=1S/C20H21ClN4O4S/c1-14(26)22-16-3-5-17(6-4-16)30(27,28)25-10-8-24(9-11-25)13-20-23-18-7-2-15(21)12-19(18)29-20/h2-7,12H,8-11,13H2,1H3,(H,22,26). The number of sulfonamides is 1. The molecule has 1 saturated heterocycles. The van der Waals surface area contributed by atoms with Crippen molar-refractivity contribution in [1.29, 1.82) is 0 Å². The van der Waals surface area contributed by atoms with E-state index in [2.05, 4.69) is 15.2 Å². The quantitative estimate of drug-likeness (QED) is 0.644. The van der Waals surface area contributed by atoms with Crippen molar-refractivity contribution in [2.75, 3.05) is 31.5 Å². The number of nitrogens with zero attached hydrogens (tertiary/aromatic N) is 3. The number of nitrogens with one attached hydrogen (secondary N) is 1. The van der Waals surface area contributed by atoms with Gasteiger partial charge in [0.1, 0.15) is 5.52 Å². The Labute approximate surface area is 179 Å². The zero-order chi connectivity index (χ0) is 21.3. The van der Waals surface area contributed by atoms with Crippen LogP contribution in [0.5, 0.6) is 0 Å². The average molecular weight is 449 g/mol. The van der Waals surface area contributed by atoms with Gasteiger partial charge < -0.3 is 9.73 Å². The van der Waals surface area contributed by atoms with E-state index in [1.807, 2.05) is 6.07 Å². The van der Waals surface area contributed by atoms with Gasteiger partial charge in [-0.05, 0) is 36.4 Å². The summed E-state index contributed by atoms with van der Waals surface area (Å²) >= 11 is 5.98. The van der Waals surface area contributed by atoms with Gasteiger partial charge in [-0.15, -0.1) is 0 Å². The van der Waals surface area contributed by atoms with Gasteiger partial charge in [0, 0.05) is 49.9 Å². The highest BCUT2D eigenvalue weighted by Gasteiger charge is 2.29. The number of halogens is 1. The second-order valence-electron chi connectivity index (χ2n) is 7.11. The molecule has 8 nitrogen and oxygen atoms in total. The zero-order valence-corrected chi connectivity index (χ0v) is 17.9.